The van der Waals surface area contributed by atoms with Crippen molar-refractivity contribution in [3.63, 3.8) is 0 Å². The maximum Gasteiger partial charge on any atom is 0.388 e. The summed E-state index contributed by atoms with van der Waals surface area (Å²) in [6.07, 6.45) is 3.03. The number of ether oxygens (including phenoxy) is 1. The molecule has 0 atom stereocenters. The molecule has 2 aromatic heterocycles. The minimum atomic E-state index is -2.99. The van der Waals surface area contributed by atoms with Gasteiger partial charge in [-0.3, -0.25) is 0 Å². The van der Waals surface area contributed by atoms with E-state index in [1.807, 2.05) is 6.07 Å². The van der Waals surface area contributed by atoms with Crippen molar-refractivity contribution in [1.82, 2.24) is 19.7 Å². The molecule has 6 nitrogen and oxygen atoms in total. The van der Waals surface area contributed by atoms with Gasteiger partial charge in [0.1, 0.15) is 6.33 Å². The molecule has 0 radical (unpaired) electrons. The normalized spacial score (nSPS) is 10.7. The zero-order valence-electron chi connectivity index (χ0n) is 13.3. The summed E-state index contributed by atoms with van der Waals surface area (Å²) in [6.45, 7) is -2.68. The molecule has 0 amide bonds. The van der Waals surface area contributed by atoms with Crippen LogP contribution in [0.25, 0.3) is 11.1 Å². The summed E-state index contributed by atoms with van der Waals surface area (Å²) in [5.74, 6) is 0.225. The Bertz CT molecular complexity index is 954. The van der Waals surface area contributed by atoms with Crippen LogP contribution in [0.5, 0.6) is 5.88 Å². The second kappa shape index (κ2) is 7.89. The highest BCUT2D eigenvalue weighted by Gasteiger charge is 2.15. The van der Waals surface area contributed by atoms with Crippen molar-refractivity contribution in [2.24, 2.45) is 0 Å². The standard InChI is InChI=1S/C17H12ClF2N5O/c18-13-3-1-2-12(7-13)14-6-11(8-22-16(14)26-17(19)20)9-25-10-23-15(24-25)4-5-21/h1-3,6-8,10,17H,4,9H2. The van der Waals surface area contributed by atoms with Crippen LogP contribution in [0.2, 0.25) is 5.02 Å². The maximum atomic E-state index is 12.7. The lowest BCUT2D eigenvalue weighted by Gasteiger charge is -2.12. The third-order valence-electron chi connectivity index (χ3n) is 3.41. The topological polar surface area (TPSA) is 76.6 Å². The molecule has 0 aliphatic carbocycles. The van der Waals surface area contributed by atoms with E-state index < -0.39 is 6.61 Å². The zero-order chi connectivity index (χ0) is 18.5. The summed E-state index contributed by atoms with van der Waals surface area (Å²) in [6, 6.07) is 10.4. The van der Waals surface area contributed by atoms with Crippen LogP contribution >= 0.6 is 11.6 Å². The fraction of sp³-hybridized carbons (Fsp3) is 0.176. The summed E-state index contributed by atoms with van der Waals surface area (Å²) in [5.41, 5.74) is 1.70. The molecule has 0 aliphatic rings. The summed E-state index contributed by atoms with van der Waals surface area (Å²) < 4.78 is 31.4. The van der Waals surface area contributed by atoms with E-state index in [2.05, 4.69) is 19.8 Å². The van der Waals surface area contributed by atoms with E-state index >= 15 is 0 Å². The number of benzene rings is 1. The first-order chi connectivity index (χ1) is 12.5. The van der Waals surface area contributed by atoms with Gasteiger partial charge in [-0.25, -0.2) is 14.6 Å². The Morgan fingerprint density at radius 1 is 1.27 bits per heavy atom. The van der Waals surface area contributed by atoms with Gasteiger partial charge in [-0.2, -0.15) is 19.1 Å². The fourth-order valence-electron chi connectivity index (χ4n) is 2.37. The van der Waals surface area contributed by atoms with E-state index in [9.17, 15) is 8.78 Å². The van der Waals surface area contributed by atoms with E-state index in [0.717, 1.165) is 0 Å². The van der Waals surface area contributed by atoms with E-state index in [0.29, 0.717) is 34.1 Å². The Labute approximate surface area is 152 Å². The third-order valence-corrected chi connectivity index (χ3v) is 3.64. The lowest BCUT2D eigenvalue weighted by atomic mass is 10.1. The monoisotopic (exact) mass is 375 g/mol. The first-order valence-corrected chi connectivity index (χ1v) is 7.88. The first kappa shape index (κ1) is 17.8. The van der Waals surface area contributed by atoms with Crippen LogP contribution < -0.4 is 4.74 Å². The molecule has 3 rings (SSSR count). The van der Waals surface area contributed by atoms with Gasteiger partial charge in [0.2, 0.25) is 5.88 Å². The van der Waals surface area contributed by atoms with Crippen molar-refractivity contribution >= 4 is 11.6 Å². The molecule has 2 heterocycles. The van der Waals surface area contributed by atoms with Gasteiger partial charge >= 0.3 is 6.61 Å². The number of hydrogen-bond donors (Lipinski definition) is 0. The minimum Gasteiger partial charge on any atom is -0.416 e. The van der Waals surface area contributed by atoms with Crippen molar-refractivity contribution in [1.29, 1.82) is 5.26 Å². The maximum absolute atomic E-state index is 12.7. The predicted molar refractivity (Wildman–Crippen MR) is 89.8 cm³/mol. The van der Waals surface area contributed by atoms with Gasteiger partial charge in [0.25, 0.3) is 0 Å². The molecule has 0 bridgehead atoms. The molecule has 0 saturated carbocycles. The molecule has 132 valence electrons. The van der Waals surface area contributed by atoms with Gasteiger partial charge in [0.15, 0.2) is 5.82 Å². The van der Waals surface area contributed by atoms with Crippen molar-refractivity contribution in [3.05, 3.63) is 59.3 Å². The molecule has 0 saturated heterocycles. The van der Waals surface area contributed by atoms with Crippen LogP contribution in [0.4, 0.5) is 8.78 Å². The van der Waals surface area contributed by atoms with E-state index in [4.69, 9.17) is 16.9 Å². The first-order valence-electron chi connectivity index (χ1n) is 7.50. The number of nitrogens with zero attached hydrogens (tertiary/aromatic N) is 5. The highest BCUT2D eigenvalue weighted by molar-refractivity contribution is 6.30. The number of hydrogen-bond acceptors (Lipinski definition) is 5. The van der Waals surface area contributed by atoms with E-state index in [1.54, 1.807) is 35.0 Å². The summed E-state index contributed by atoms with van der Waals surface area (Å²) >= 11 is 6.00. The molecule has 0 N–H and O–H groups in total. The molecular formula is C17H12ClF2N5O. The fourth-order valence-corrected chi connectivity index (χ4v) is 2.56. The minimum absolute atomic E-state index is 0.111. The van der Waals surface area contributed by atoms with Gasteiger partial charge < -0.3 is 4.74 Å². The Balaban J connectivity index is 1.94. The highest BCUT2D eigenvalue weighted by Crippen LogP contribution is 2.31. The number of nitriles is 1. The molecule has 0 unspecified atom stereocenters. The molecule has 9 heteroatoms. The van der Waals surface area contributed by atoms with Crippen LogP contribution in [-0.4, -0.2) is 26.4 Å². The Hall–Kier alpha value is -3.05. The largest absolute Gasteiger partial charge is 0.416 e. The molecular weight excluding hydrogens is 364 g/mol. The van der Waals surface area contributed by atoms with Gasteiger partial charge in [-0.15, -0.1) is 0 Å². The Morgan fingerprint density at radius 3 is 2.85 bits per heavy atom. The smallest absolute Gasteiger partial charge is 0.388 e. The number of rotatable bonds is 6. The summed E-state index contributed by atoms with van der Waals surface area (Å²) in [7, 11) is 0. The van der Waals surface area contributed by atoms with Crippen molar-refractivity contribution < 1.29 is 13.5 Å². The van der Waals surface area contributed by atoms with Gasteiger partial charge in [-0.1, -0.05) is 23.7 Å². The quantitative estimate of drug-likeness (QED) is 0.656. The average Bonchev–Trinajstić information content (AvgIpc) is 3.03. The molecule has 0 spiro atoms. The molecule has 26 heavy (non-hydrogen) atoms. The number of aromatic nitrogens is 4. The second-order valence-electron chi connectivity index (χ2n) is 5.28. The van der Waals surface area contributed by atoms with Crippen molar-refractivity contribution in [3.8, 4) is 23.1 Å². The van der Waals surface area contributed by atoms with Crippen LogP contribution in [0.1, 0.15) is 11.4 Å². The second-order valence-corrected chi connectivity index (χ2v) is 5.71. The van der Waals surface area contributed by atoms with Gasteiger partial charge in [0, 0.05) is 16.8 Å². The van der Waals surface area contributed by atoms with Crippen molar-refractivity contribution in [2.45, 2.75) is 19.6 Å². The van der Waals surface area contributed by atoms with Crippen LogP contribution in [0.15, 0.2) is 42.9 Å². The SMILES string of the molecule is N#CCc1ncn(Cc2cnc(OC(F)F)c(-c3cccc(Cl)c3)c2)n1. The number of alkyl halides is 2. The third kappa shape index (κ3) is 4.32. The average molecular weight is 376 g/mol. The molecule has 3 aromatic rings. The Morgan fingerprint density at radius 2 is 2.12 bits per heavy atom. The molecule has 0 fully saturated rings. The Kier molecular flexibility index (Phi) is 5.39. The summed E-state index contributed by atoms with van der Waals surface area (Å²) in [5, 5.41) is 13.3. The van der Waals surface area contributed by atoms with E-state index in [-0.39, 0.29) is 12.3 Å². The van der Waals surface area contributed by atoms with Crippen LogP contribution in [0, 0.1) is 11.3 Å². The lowest BCUT2D eigenvalue weighted by Crippen LogP contribution is -2.07. The number of halogens is 3. The van der Waals surface area contributed by atoms with Gasteiger partial charge in [0.05, 0.1) is 19.0 Å². The number of pyridine rings is 1. The summed E-state index contributed by atoms with van der Waals surface area (Å²) in [4.78, 5) is 8.02. The highest BCUT2D eigenvalue weighted by atomic mass is 35.5. The van der Waals surface area contributed by atoms with Gasteiger partial charge in [-0.05, 0) is 29.3 Å². The zero-order valence-corrected chi connectivity index (χ0v) is 14.1. The van der Waals surface area contributed by atoms with E-state index in [1.165, 1.54) is 12.5 Å². The van der Waals surface area contributed by atoms with Crippen molar-refractivity contribution in [2.75, 3.05) is 0 Å². The molecule has 1 aromatic carbocycles. The van der Waals surface area contributed by atoms with Crippen LogP contribution in [0.3, 0.4) is 0 Å². The molecule has 0 aliphatic heterocycles. The lowest BCUT2D eigenvalue weighted by molar-refractivity contribution is -0.0524. The van der Waals surface area contributed by atoms with Crippen LogP contribution in [-0.2, 0) is 13.0 Å². The predicted octanol–water partition coefficient (Wildman–Crippen LogP) is 3.71.